The average molecular weight is 350 g/mol. The van der Waals surface area contributed by atoms with Gasteiger partial charge in [-0.05, 0) is 36.8 Å². The van der Waals surface area contributed by atoms with Gasteiger partial charge in [-0.15, -0.1) is 0 Å². The van der Waals surface area contributed by atoms with Crippen LogP contribution < -0.4 is 10.2 Å². The van der Waals surface area contributed by atoms with Gasteiger partial charge >= 0.3 is 0 Å². The van der Waals surface area contributed by atoms with Crippen LogP contribution in [0.5, 0.6) is 0 Å². The molecule has 1 N–H and O–H groups in total. The lowest BCUT2D eigenvalue weighted by Gasteiger charge is -2.20. The van der Waals surface area contributed by atoms with Gasteiger partial charge in [0.25, 0.3) is 5.91 Å². The molecule has 3 aromatic rings. The number of anilines is 2. The fourth-order valence-electron chi connectivity index (χ4n) is 2.47. The SMILES string of the molecule is CCN(Cc1ccccc1)c1ncc(C(=O)Nc2ccc(F)cc2)cn1. The largest absolute Gasteiger partial charge is 0.337 e. The number of carbonyl (C=O) groups is 1. The Morgan fingerprint density at radius 1 is 1.04 bits per heavy atom. The number of aromatic nitrogens is 2. The van der Waals surface area contributed by atoms with Crippen LogP contribution in [0.4, 0.5) is 16.0 Å². The molecule has 26 heavy (non-hydrogen) atoms. The minimum Gasteiger partial charge on any atom is -0.337 e. The zero-order valence-electron chi connectivity index (χ0n) is 14.4. The molecular weight excluding hydrogens is 331 g/mol. The van der Waals surface area contributed by atoms with Crippen molar-refractivity contribution in [2.75, 3.05) is 16.8 Å². The highest BCUT2D eigenvalue weighted by molar-refractivity contribution is 6.03. The molecule has 0 radical (unpaired) electrons. The summed E-state index contributed by atoms with van der Waals surface area (Å²) in [5.41, 5.74) is 2.02. The van der Waals surface area contributed by atoms with Gasteiger partial charge in [0.05, 0.1) is 5.56 Å². The molecule has 132 valence electrons. The van der Waals surface area contributed by atoms with Gasteiger partial charge in [0, 0.05) is 31.2 Å². The predicted octanol–water partition coefficient (Wildman–Crippen LogP) is 3.89. The molecule has 2 aromatic carbocycles. The number of hydrogen-bond donors (Lipinski definition) is 1. The second-order valence-electron chi connectivity index (χ2n) is 5.73. The fourth-order valence-corrected chi connectivity index (χ4v) is 2.47. The maximum atomic E-state index is 12.9. The number of rotatable bonds is 6. The minimum atomic E-state index is -0.353. The number of carbonyl (C=O) groups excluding carboxylic acids is 1. The van der Waals surface area contributed by atoms with Gasteiger partial charge in [0.15, 0.2) is 0 Å². The van der Waals surface area contributed by atoms with Crippen molar-refractivity contribution in [3.8, 4) is 0 Å². The lowest BCUT2D eigenvalue weighted by Crippen LogP contribution is -2.24. The molecule has 6 heteroatoms. The van der Waals surface area contributed by atoms with E-state index < -0.39 is 0 Å². The summed E-state index contributed by atoms with van der Waals surface area (Å²) in [6.07, 6.45) is 2.99. The molecule has 1 heterocycles. The Kier molecular flexibility index (Phi) is 5.53. The standard InChI is InChI=1S/C20H19FN4O/c1-2-25(14-15-6-4-3-5-7-15)20-22-12-16(13-23-20)19(26)24-18-10-8-17(21)9-11-18/h3-13H,2,14H2,1H3,(H,24,26). The number of hydrogen-bond acceptors (Lipinski definition) is 4. The highest BCUT2D eigenvalue weighted by Gasteiger charge is 2.11. The zero-order chi connectivity index (χ0) is 18.4. The van der Waals surface area contributed by atoms with Gasteiger partial charge in [0.1, 0.15) is 5.82 Å². The lowest BCUT2D eigenvalue weighted by molar-refractivity contribution is 0.102. The molecule has 0 atom stereocenters. The number of benzene rings is 2. The molecule has 0 saturated heterocycles. The molecular formula is C20H19FN4O. The van der Waals surface area contributed by atoms with Crippen LogP contribution in [0.2, 0.25) is 0 Å². The molecule has 0 aliphatic rings. The molecule has 0 bridgehead atoms. The third kappa shape index (κ3) is 4.42. The van der Waals surface area contributed by atoms with Crippen molar-refractivity contribution < 1.29 is 9.18 Å². The summed E-state index contributed by atoms with van der Waals surface area (Å²) < 4.78 is 12.9. The maximum absolute atomic E-state index is 12.9. The van der Waals surface area contributed by atoms with Crippen LogP contribution in [-0.4, -0.2) is 22.4 Å². The molecule has 3 rings (SSSR count). The van der Waals surface area contributed by atoms with E-state index in [1.54, 1.807) is 0 Å². The summed E-state index contributed by atoms with van der Waals surface area (Å²) in [4.78, 5) is 22.9. The smallest absolute Gasteiger partial charge is 0.258 e. The van der Waals surface area contributed by atoms with Gasteiger partial charge in [-0.2, -0.15) is 0 Å². The first-order valence-corrected chi connectivity index (χ1v) is 8.33. The van der Waals surface area contributed by atoms with Crippen molar-refractivity contribution in [3.05, 3.63) is 83.9 Å². The van der Waals surface area contributed by atoms with E-state index in [1.807, 2.05) is 42.2 Å². The quantitative estimate of drug-likeness (QED) is 0.733. The van der Waals surface area contributed by atoms with E-state index >= 15 is 0 Å². The van der Waals surface area contributed by atoms with Gasteiger partial charge < -0.3 is 10.2 Å². The van der Waals surface area contributed by atoms with Crippen molar-refractivity contribution in [2.45, 2.75) is 13.5 Å². The lowest BCUT2D eigenvalue weighted by atomic mass is 10.2. The highest BCUT2D eigenvalue weighted by atomic mass is 19.1. The highest BCUT2D eigenvalue weighted by Crippen LogP contribution is 2.14. The van der Waals surface area contributed by atoms with Crippen LogP contribution >= 0.6 is 0 Å². The molecule has 0 fully saturated rings. The Hall–Kier alpha value is -3.28. The number of nitrogens with one attached hydrogen (secondary N) is 1. The Bertz CT molecular complexity index is 851. The topological polar surface area (TPSA) is 58.1 Å². The summed E-state index contributed by atoms with van der Waals surface area (Å²) in [6.45, 7) is 3.47. The summed E-state index contributed by atoms with van der Waals surface area (Å²) in [5.74, 6) is -0.127. The van der Waals surface area contributed by atoms with Gasteiger partial charge in [-0.3, -0.25) is 4.79 Å². The first kappa shape index (κ1) is 17.5. The number of nitrogens with zero attached hydrogens (tertiary/aromatic N) is 3. The number of halogens is 1. The van der Waals surface area contributed by atoms with E-state index in [9.17, 15) is 9.18 Å². The van der Waals surface area contributed by atoms with E-state index in [2.05, 4.69) is 15.3 Å². The van der Waals surface area contributed by atoms with Crippen molar-refractivity contribution in [1.82, 2.24) is 9.97 Å². The van der Waals surface area contributed by atoms with Gasteiger partial charge in [-0.25, -0.2) is 14.4 Å². The molecule has 0 aliphatic carbocycles. The van der Waals surface area contributed by atoms with Crippen LogP contribution in [0.3, 0.4) is 0 Å². The minimum absolute atomic E-state index is 0.339. The van der Waals surface area contributed by atoms with Crippen LogP contribution in [-0.2, 0) is 6.54 Å². The zero-order valence-corrected chi connectivity index (χ0v) is 14.4. The monoisotopic (exact) mass is 350 g/mol. The third-order valence-electron chi connectivity index (χ3n) is 3.88. The Labute approximate surface area is 151 Å². The Morgan fingerprint density at radius 2 is 1.69 bits per heavy atom. The van der Waals surface area contributed by atoms with Crippen molar-refractivity contribution in [1.29, 1.82) is 0 Å². The van der Waals surface area contributed by atoms with E-state index in [0.29, 0.717) is 23.7 Å². The molecule has 0 saturated carbocycles. The van der Waals surface area contributed by atoms with E-state index in [1.165, 1.54) is 36.7 Å². The molecule has 0 spiro atoms. The fraction of sp³-hybridized carbons (Fsp3) is 0.150. The summed E-state index contributed by atoms with van der Waals surface area (Å²) in [7, 11) is 0. The van der Waals surface area contributed by atoms with E-state index in [0.717, 1.165) is 12.1 Å². The van der Waals surface area contributed by atoms with Crippen LogP contribution in [0, 0.1) is 5.82 Å². The van der Waals surface area contributed by atoms with E-state index in [4.69, 9.17) is 0 Å². The summed E-state index contributed by atoms with van der Waals surface area (Å²) in [5, 5.41) is 2.69. The molecule has 5 nitrogen and oxygen atoms in total. The first-order valence-electron chi connectivity index (χ1n) is 8.33. The Balaban J connectivity index is 1.68. The van der Waals surface area contributed by atoms with Crippen LogP contribution in [0.15, 0.2) is 67.0 Å². The van der Waals surface area contributed by atoms with E-state index in [-0.39, 0.29) is 11.7 Å². The van der Waals surface area contributed by atoms with Crippen LogP contribution in [0.1, 0.15) is 22.8 Å². The molecule has 0 unspecified atom stereocenters. The molecule has 1 amide bonds. The van der Waals surface area contributed by atoms with Gasteiger partial charge in [-0.1, -0.05) is 30.3 Å². The molecule has 1 aromatic heterocycles. The summed E-state index contributed by atoms with van der Waals surface area (Å²) in [6, 6.07) is 15.6. The number of amides is 1. The Morgan fingerprint density at radius 3 is 2.31 bits per heavy atom. The predicted molar refractivity (Wildman–Crippen MR) is 99.6 cm³/mol. The van der Waals surface area contributed by atoms with Crippen molar-refractivity contribution in [2.24, 2.45) is 0 Å². The van der Waals surface area contributed by atoms with Crippen molar-refractivity contribution in [3.63, 3.8) is 0 Å². The normalized spacial score (nSPS) is 10.4. The first-order chi connectivity index (χ1) is 12.7. The van der Waals surface area contributed by atoms with Gasteiger partial charge in [0.2, 0.25) is 5.95 Å². The summed E-state index contributed by atoms with van der Waals surface area (Å²) >= 11 is 0. The van der Waals surface area contributed by atoms with Crippen LogP contribution in [0.25, 0.3) is 0 Å². The van der Waals surface area contributed by atoms with Crippen molar-refractivity contribution >= 4 is 17.5 Å². The molecule has 0 aliphatic heterocycles. The second kappa shape index (κ2) is 8.20. The maximum Gasteiger partial charge on any atom is 0.258 e. The average Bonchev–Trinajstić information content (AvgIpc) is 2.69. The second-order valence-corrected chi connectivity index (χ2v) is 5.73. The third-order valence-corrected chi connectivity index (χ3v) is 3.88.